The van der Waals surface area contributed by atoms with E-state index in [0.717, 1.165) is 11.3 Å². The predicted molar refractivity (Wildman–Crippen MR) is 80.4 cm³/mol. The summed E-state index contributed by atoms with van der Waals surface area (Å²) in [5.74, 6) is 0.910. The van der Waals surface area contributed by atoms with E-state index in [2.05, 4.69) is 24.2 Å². The molecule has 0 saturated heterocycles. The summed E-state index contributed by atoms with van der Waals surface area (Å²) >= 11 is 5.59. The topological polar surface area (TPSA) is 67.5 Å². The first-order valence-corrected chi connectivity index (χ1v) is 6.75. The fraction of sp³-hybridized carbons (Fsp3) is 0.429. The highest BCUT2D eigenvalue weighted by Crippen LogP contribution is 2.19. The van der Waals surface area contributed by atoms with Crippen LogP contribution in [0.4, 0.5) is 5.69 Å². The number of hydrogen-bond donors (Lipinski definition) is 2. The van der Waals surface area contributed by atoms with Crippen molar-refractivity contribution in [2.24, 2.45) is 16.6 Å². The van der Waals surface area contributed by atoms with Gasteiger partial charge in [0.25, 0.3) is 5.91 Å². The van der Waals surface area contributed by atoms with E-state index in [1.807, 2.05) is 6.92 Å². The van der Waals surface area contributed by atoms with Gasteiger partial charge in [0.2, 0.25) is 0 Å². The van der Waals surface area contributed by atoms with Crippen molar-refractivity contribution in [2.45, 2.75) is 20.8 Å². The first kappa shape index (κ1) is 15.5. The van der Waals surface area contributed by atoms with Gasteiger partial charge in [-0.3, -0.25) is 4.79 Å². The maximum atomic E-state index is 11.9. The number of nitrogens with one attached hydrogen (secondary N) is 1. The molecule has 1 aromatic rings. The molecule has 1 amide bonds. The van der Waals surface area contributed by atoms with Gasteiger partial charge in [0.15, 0.2) is 0 Å². The van der Waals surface area contributed by atoms with Crippen LogP contribution in [0.15, 0.2) is 23.2 Å². The van der Waals surface area contributed by atoms with E-state index in [9.17, 15) is 4.79 Å². The molecule has 0 aliphatic heterocycles. The molecule has 19 heavy (non-hydrogen) atoms. The van der Waals surface area contributed by atoms with Gasteiger partial charge in [-0.2, -0.15) is 0 Å². The maximum absolute atomic E-state index is 11.9. The molecule has 0 spiro atoms. The zero-order valence-electron chi connectivity index (χ0n) is 11.5. The van der Waals surface area contributed by atoms with Crippen LogP contribution in [-0.2, 0) is 0 Å². The quantitative estimate of drug-likeness (QED) is 0.495. The molecular weight excluding hydrogens is 262 g/mol. The number of alkyl halides is 1. The second-order valence-electron chi connectivity index (χ2n) is 4.84. The third-order valence-corrected chi connectivity index (χ3v) is 2.80. The van der Waals surface area contributed by atoms with E-state index < -0.39 is 0 Å². The van der Waals surface area contributed by atoms with Crippen LogP contribution in [0.5, 0.6) is 0 Å². The SMILES string of the molecule is Cc1cc(C(=O)NCC(C)C)ccc1N=C(N)CCl. The lowest BCUT2D eigenvalue weighted by Gasteiger charge is -2.09. The van der Waals surface area contributed by atoms with Crippen LogP contribution in [0.3, 0.4) is 0 Å². The third-order valence-electron chi connectivity index (χ3n) is 2.53. The highest BCUT2D eigenvalue weighted by Gasteiger charge is 2.08. The van der Waals surface area contributed by atoms with Crippen LogP contribution < -0.4 is 11.1 Å². The average molecular weight is 282 g/mol. The molecule has 0 saturated carbocycles. The molecule has 4 nitrogen and oxygen atoms in total. The van der Waals surface area contributed by atoms with Crippen molar-refractivity contribution in [1.82, 2.24) is 5.32 Å². The highest BCUT2D eigenvalue weighted by atomic mass is 35.5. The summed E-state index contributed by atoms with van der Waals surface area (Å²) in [7, 11) is 0. The van der Waals surface area contributed by atoms with Crippen molar-refractivity contribution in [3.8, 4) is 0 Å². The minimum absolute atomic E-state index is 0.0716. The number of halogens is 1. The number of benzene rings is 1. The molecule has 0 aliphatic carbocycles. The Morgan fingerprint density at radius 2 is 2.16 bits per heavy atom. The molecule has 0 fully saturated rings. The number of amides is 1. The average Bonchev–Trinajstić information content (AvgIpc) is 2.37. The van der Waals surface area contributed by atoms with E-state index in [4.69, 9.17) is 17.3 Å². The first-order chi connectivity index (χ1) is 8.93. The molecule has 1 aromatic carbocycles. The number of rotatable bonds is 5. The Hall–Kier alpha value is -1.55. The lowest BCUT2D eigenvalue weighted by molar-refractivity contribution is 0.0949. The lowest BCUT2D eigenvalue weighted by Crippen LogP contribution is -2.27. The zero-order valence-corrected chi connectivity index (χ0v) is 12.3. The molecule has 0 atom stereocenters. The first-order valence-electron chi connectivity index (χ1n) is 6.22. The fourth-order valence-electron chi connectivity index (χ4n) is 1.51. The van der Waals surface area contributed by atoms with E-state index in [1.54, 1.807) is 18.2 Å². The number of aryl methyl sites for hydroxylation is 1. The second-order valence-corrected chi connectivity index (χ2v) is 5.11. The van der Waals surface area contributed by atoms with Gasteiger partial charge in [-0.15, -0.1) is 11.6 Å². The van der Waals surface area contributed by atoms with Crippen LogP contribution in [0.25, 0.3) is 0 Å². The number of carbonyl (C=O) groups is 1. The Bertz CT molecular complexity index is 484. The summed E-state index contributed by atoms with van der Waals surface area (Å²) in [5.41, 5.74) is 7.85. The van der Waals surface area contributed by atoms with Crippen LogP contribution in [0.2, 0.25) is 0 Å². The minimum Gasteiger partial charge on any atom is -0.386 e. The van der Waals surface area contributed by atoms with Gasteiger partial charge in [0.05, 0.1) is 11.6 Å². The fourth-order valence-corrected chi connectivity index (χ4v) is 1.57. The summed E-state index contributed by atoms with van der Waals surface area (Å²) in [4.78, 5) is 16.1. The van der Waals surface area contributed by atoms with Gasteiger partial charge >= 0.3 is 0 Å². The zero-order chi connectivity index (χ0) is 14.4. The minimum atomic E-state index is -0.0716. The van der Waals surface area contributed by atoms with Crippen molar-refractivity contribution >= 4 is 29.0 Å². The molecule has 0 aliphatic rings. The Morgan fingerprint density at radius 3 is 2.68 bits per heavy atom. The molecule has 0 heterocycles. The van der Waals surface area contributed by atoms with Gasteiger partial charge in [-0.1, -0.05) is 13.8 Å². The van der Waals surface area contributed by atoms with Gasteiger partial charge in [0, 0.05) is 12.1 Å². The Kier molecular flexibility index (Phi) is 5.83. The van der Waals surface area contributed by atoms with Crippen molar-refractivity contribution in [3.63, 3.8) is 0 Å². The molecular formula is C14H20ClN3O. The Morgan fingerprint density at radius 1 is 1.47 bits per heavy atom. The second kappa shape index (κ2) is 7.14. The summed E-state index contributed by atoms with van der Waals surface area (Å²) in [6, 6.07) is 5.32. The van der Waals surface area contributed by atoms with Crippen LogP contribution >= 0.6 is 11.6 Å². The van der Waals surface area contributed by atoms with Crippen LogP contribution in [-0.4, -0.2) is 24.2 Å². The Labute approximate surface area is 119 Å². The number of hydrogen-bond acceptors (Lipinski definition) is 2. The summed E-state index contributed by atoms with van der Waals surface area (Å²) in [5, 5.41) is 2.88. The molecule has 0 aromatic heterocycles. The number of nitrogens with zero attached hydrogens (tertiary/aromatic N) is 1. The summed E-state index contributed by atoms with van der Waals surface area (Å²) < 4.78 is 0. The Balaban J connectivity index is 2.85. The van der Waals surface area contributed by atoms with E-state index >= 15 is 0 Å². The highest BCUT2D eigenvalue weighted by molar-refractivity contribution is 6.28. The largest absolute Gasteiger partial charge is 0.386 e. The monoisotopic (exact) mass is 281 g/mol. The molecule has 1 rings (SSSR count). The lowest BCUT2D eigenvalue weighted by atomic mass is 10.1. The molecule has 3 N–H and O–H groups in total. The maximum Gasteiger partial charge on any atom is 0.251 e. The smallest absolute Gasteiger partial charge is 0.251 e. The van der Waals surface area contributed by atoms with E-state index in [0.29, 0.717) is 23.9 Å². The van der Waals surface area contributed by atoms with E-state index in [-0.39, 0.29) is 11.8 Å². The standard InChI is InChI=1S/C14H20ClN3O/c1-9(2)8-17-14(19)11-4-5-12(10(3)6-11)18-13(16)7-15/h4-6,9H,7-8H2,1-3H3,(H2,16,18)(H,17,19). The van der Waals surface area contributed by atoms with Crippen molar-refractivity contribution < 1.29 is 4.79 Å². The van der Waals surface area contributed by atoms with Crippen molar-refractivity contribution in [1.29, 1.82) is 0 Å². The number of aliphatic imine (C=N–C) groups is 1. The van der Waals surface area contributed by atoms with Crippen LogP contribution in [0, 0.1) is 12.8 Å². The van der Waals surface area contributed by atoms with Crippen molar-refractivity contribution in [3.05, 3.63) is 29.3 Å². The molecule has 0 bridgehead atoms. The number of carbonyl (C=O) groups excluding carboxylic acids is 1. The summed E-state index contributed by atoms with van der Waals surface area (Å²) in [6.07, 6.45) is 0. The normalized spacial score (nSPS) is 11.7. The summed E-state index contributed by atoms with van der Waals surface area (Å²) in [6.45, 7) is 6.66. The van der Waals surface area contributed by atoms with Gasteiger partial charge in [-0.25, -0.2) is 4.99 Å². The third kappa shape index (κ3) is 4.91. The van der Waals surface area contributed by atoms with Gasteiger partial charge in [0.1, 0.15) is 5.84 Å². The molecule has 104 valence electrons. The predicted octanol–water partition coefficient (Wildman–Crippen LogP) is 2.61. The van der Waals surface area contributed by atoms with Gasteiger partial charge < -0.3 is 11.1 Å². The molecule has 5 heteroatoms. The van der Waals surface area contributed by atoms with Crippen LogP contribution in [0.1, 0.15) is 29.8 Å². The van der Waals surface area contributed by atoms with Gasteiger partial charge in [-0.05, 0) is 36.6 Å². The molecule has 0 radical (unpaired) electrons. The number of amidine groups is 1. The van der Waals surface area contributed by atoms with E-state index in [1.165, 1.54) is 0 Å². The number of nitrogens with two attached hydrogens (primary N) is 1. The molecule has 0 unspecified atom stereocenters. The van der Waals surface area contributed by atoms with Crippen molar-refractivity contribution in [2.75, 3.05) is 12.4 Å².